The molecule has 2 aromatic rings. The number of ketones is 1. The molecule has 2 heterocycles. The molecule has 1 aliphatic carbocycles. The monoisotopic (exact) mass is 285 g/mol. The van der Waals surface area contributed by atoms with Gasteiger partial charge in [-0.3, -0.25) is 14.3 Å². The zero-order chi connectivity index (χ0) is 15.0. The molecule has 0 aromatic carbocycles. The summed E-state index contributed by atoms with van der Waals surface area (Å²) < 4.78 is 3.57. The van der Waals surface area contributed by atoms with Gasteiger partial charge in [-0.25, -0.2) is 0 Å². The first-order chi connectivity index (χ1) is 10.1. The van der Waals surface area contributed by atoms with Gasteiger partial charge in [0, 0.05) is 36.0 Å². The normalized spacial score (nSPS) is 14.5. The van der Waals surface area contributed by atoms with E-state index in [-0.39, 0.29) is 11.3 Å². The van der Waals surface area contributed by atoms with Crippen LogP contribution in [-0.2, 0) is 13.0 Å². The van der Waals surface area contributed by atoms with Crippen LogP contribution in [-0.4, -0.2) is 20.1 Å². The maximum Gasteiger partial charge on any atom is 0.251 e. The smallest absolute Gasteiger partial charge is 0.251 e. The van der Waals surface area contributed by atoms with Crippen LogP contribution in [0.1, 0.15) is 54.5 Å². The van der Waals surface area contributed by atoms with E-state index in [4.69, 9.17) is 0 Å². The molecule has 5 heteroatoms. The topological polar surface area (TPSA) is 56.9 Å². The van der Waals surface area contributed by atoms with Crippen LogP contribution >= 0.6 is 0 Å². The van der Waals surface area contributed by atoms with Crippen molar-refractivity contribution in [3.05, 3.63) is 51.7 Å². The van der Waals surface area contributed by atoms with Crippen LogP contribution in [0.2, 0.25) is 0 Å². The largest absolute Gasteiger partial charge is 0.306 e. The lowest BCUT2D eigenvalue weighted by Gasteiger charge is -2.19. The SMILES string of the molecule is CC(C)n1ccc(Cn2c3c(ccc2=O)C(=O)CCC3)n1. The van der Waals surface area contributed by atoms with Gasteiger partial charge in [-0.05, 0) is 38.8 Å². The summed E-state index contributed by atoms with van der Waals surface area (Å²) in [6, 6.07) is 5.38. The molecule has 0 saturated heterocycles. The van der Waals surface area contributed by atoms with Crippen molar-refractivity contribution in [1.82, 2.24) is 14.3 Å². The van der Waals surface area contributed by atoms with Crippen LogP contribution < -0.4 is 5.56 Å². The Morgan fingerprint density at radius 1 is 1.19 bits per heavy atom. The highest BCUT2D eigenvalue weighted by molar-refractivity contribution is 5.97. The van der Waals surface area contributed by atoms with Gasteiger partial charge in [-0.1, -0.05) is 0 Å². The molecule has 0 atom stereocenters. The summed E-state index contributed by atoms with van der Waals surface area (Å²) in [7, 11) is 0. The van der Waals surface area contributed by atoms with Gasteiger partial charge < -0.3 is 4.57 Å². The summed E-state index contributed by atoms with van der Waals surface area (Å²) in [5, 5.41) is 4.49. The maximum absolute atomic E-state index is 12.2. The predicted molar refractivity (Wildman–Crippen MR) is 79.7 cm³/mol. The van der Waals surface area contributed by atoms with Crippen LogP contribution in [0, 0.1) is 0 Å². The molecule has 5 nitrogen and oxygen atoms in total. The summed E-state index contributed by atoms with van der Waals surface area (Å²) in [6.45, 7) is 4.55. The Kier molecular flexibility index (Phi) is 3.49. The third-order valence-electron chi connectivity index (χ3n) is 3.93. The molecule has 0 amide bonds. The van der Waals surface area contributed by atoms with Gasteiger partial charge in [0.2, 0.25) is 0 Å². The number of rotatable bonds is 3. The highest BCUT2D eigenvalue weighted by Crippen LogP contribution is 2.20. The molecule has 0 saturated carbocycles. The summed E-state index contributed by atoms with van der Waals surface area (Å²) in [5.74, 6) is 0.137. The third-order valence-corrected chi connectivity index (χ3v) is 3.93. The van der Waals surface area contributed by atoms with E-state index in [0.29, 0.717) is 24.6 Å². The number of aromatic nitrogens is 3. The van der Waals surface area contributed by atoms with E-state index in [1.54, 1.807) is 10.6 Å². The first-order valence-corrected chi connectivity index (χ1v) is 7.36. The Hall–Kier alpha value is -2.17. The number of nitrogens with zero attached hydrogens (tertiary/aromatic N) is 3. The fraction of sp³-hybridized carbons (Fsp3) is 0.438. The van der Waals surface area contributed by atoms with Crippen LogP contribution in [0.25, 0.3) is 0 Å². The van der Waals surface area contributed by atoms with E-state index in [9.17, 15) is 9.59 Å². The Morgan fingerprint density at radius 2 is 2.00 bits per heavy atom. The number of fused-ring (bicyclic) bond motifs is 1. The zero-order valence-corrected chi connectivity index (χ0v) is 12.4. The lowest BCUT2D eigenvalue weighted by Crippen LogP contribution is -2.28. The number of hydrogen-bond donors (Lipinski definition) is 0. The standard InChI is InChI=1S/C16H19N3O2/c1-11(2)19-9-8-12(17-19)10-18-14-4-3-5-15(20)13(14)6-7-16(18)21/h6-9,11H,3-5,10H2,1-2H3. The van der Waals surface area contributed by atoms with Gasteiger partial charge in [-0.2, -0.15) is 5.10 Å². The average molecular weight is 285 g/mol. The molecule has 0 radical (unpaired) electrons. The summed E-state index contributed by atoms with van der Waals surface area (Å²) >= 11 is 0. The van der Waals surface area contributed by atoms with Crippen LogP contribution in [0.4, 0.5) is 0 Å². The van der Waals surface area contributed by atoms with Crippen LogP contribution in [0.5, 0.6) is 0 Å². The van der Waals surface area contributed by atoms with Crippen molar-refractivity contribution in [2.24, 2.45) is 0 Å². The first-order valence-electron chi connectivity index (χ1n) is 7.36. The minimum absolute atomic E-state index is 0.0671. The molecule has 3 rings (SSSR count). The van der Waals surface area contributed by atoms with Gasteiger partial charge >= 0.3 is 0 Å². The average Bonchev–Trinajstić information content (AvgIpc) is 2.91. The molecule has 0 bridgehead atoms. The molecule has 0 unspecified atom stereocenters. The van der Waals surface area contributed by atoms with Gasteiger partial charge in [0.15, 0.2) is 5.78 Å². The van der Waals surface area contributed by atoms with Gasteiger partial charge in [-0.15, -0.1) is 0 Å². The van der Waals surface area contributed by atoms with Gasteiger partial charge in [0.25, 0.3) is 5.56 Å². The molecule has 0 fully saturated rings. The van der Waals surface area contributed by atoms with Crippen molar-refractivity contribution in [2.75, 3.05) is 0 Å². The second kappa shape index (κ2) is 5.31. The minimum Gasteiger partial charge on any atom is -0.306 e. The number of pyridine rings is 1. The van der Waals surface area contributed by atoms with Crippen molar-refractivity contribution in [1.29, 1.82) is 0 Å². The van der Waals surface area contributed by atoms with Gasteiger partial charge in [0.05, 0.1) is 12.2 Å². The van der Waals surface area contributed by atoms with E-state index in [0.717, 1.165) is 24.2 Å². The van der Waals surface area contributed by atoms with Gasteiger partial charge in [0.1, 0.15) is 0 Å². The fourth-order valence-corrected chi connectivity index (χ4v) is 2.78. The predicted octanol–water partition coefficient (Wildman–Crippen LogP) is 2.19. The molecule has 0 N–H and O–H groups in total. The molecule has 2 aromatic heterocycles. The Morgan fingerprint density at radius 3 is 2.71 bits per heavy atom. The van der Waals surface area contributed by atoms with E-state index in [1.807, 2.05) is 16.9 Å². The first kappa shape index (κ1) is 13.8. The van der Waals surface area contributed by atoms with E-state index < -0.39 is 0 Å². The molecule has 21 heavy (non-hydrogen) atoms. The lowest BCUT2D eigenvalue weighted by atomic mass is 9.94. The molecule has 110 valence electrons. The lowest BCUT2D eigenvalue weighted by molar-refractivity contribution is 0.0970. The fourth-order valence-electron chi connectivity index (χ4n) is 2.78. The second-order valence-corrected chi connectivity index (χ2v) is 5.78. The molecule has 1 aliphatic rings. The minimum atomic E-state index is -0.0671. The van der Waals surface area contributed by atoms with Crippen LogP contribution in [0.15, 0.2) is 29.2 Å². The van der Waals surface area contributed by atoms with Crippen molar-refractivity contribution >= 4 is 5.78 Å². The van der Waals surface area contributed by atoms with E-state index >= 15 is 0 Å². The molecule has 0 aliphatic heterocycles. The van der Waals surface area contributed by atoms with Crippen molar-refractivity contribution in [3.63, 3.8) is 0 Å². The quantitative estimate of drug-likeness (QED) is 0.868. The third kappa shape index (κ3) is 2.55. The van der Waals surface area contributed by atoms with Crippen molar-refractivity contribution in [3.8, 4) is 0 Å². The number of carbonyl (C=O) groups excluding carboxylic acids is 1. The Labute approximate surface area is 123 Å². The van der Waals surface area contributed by atoms with Crippen LogP contribution in [0.3, 0.4) is 0 Å². The summed E-state index contributed by atoms with van der Waals surface area (Å²) in [5.41, 5.74) is 2.33. The Bertz CT molecular complexity index is 740. The van der Waals surface area contributed by atoms with Crippen molar-refractivity contribution < 1.29 is 4.79 Å². The summed E-state index contributed by atoms with van der Waals surface area (Å²) in [4.78, 5) is 24.1. The van der Waals surface area contributed by atoms with E-state index in [1.165, 1.54) is 6.07 Å². The van der Waals surface area contributed by atoms with Crippen molar-refractivity contribution in [2.45, 2.75) is 45.7 Å². The number of Topliss-reactive ketones (excluding diaryl/α,β-unsaturated/α-hetero) is 1. The highest BCUT2D eigenvalue weighted by Gasteiger charge is 2.21. The Balaban J connectivity index is 2.00. The molecular weight excluding hydrogens is 266 g/mol. The zero-order valence-electron chi connectivity index (χ0n) is 12.4. The molecule has 0 spiro atoms. The number of hydrogen-bond acceptors (Lipinski definition) is 3. The second-order valence-electron chi connectivity index (χ2n) is 5.78. The maximum atomic E-state index is 12.2. The highest BCUT2D eigenvalue weighted by atomic mass is 16.1. The summed E-state index contributed by atoms with van der Waals surface area (Å²) in [6.07, 6.45) is 4.09. The van der Waals surface area contributed by atoms with E-state index in [2.05, 4.69) is 18.9 Å². The molecular formula is C16H19N3O2. The number of carbonyl (C=O) groups is 1.